The van der Waals surface area contributed by atoms with Crippen molar-refractivity contribution in [1.82, 2.24) is 10.3 Å². The summed E-state index contributed by atoms with van der Waals surface area (Å²) in [6.45, 7) is 4.21. The zero-order valence-electron chi connectivity index (χ0n) is 11.1. The summed E-state index contributed by atoms with van der Waals surface area (Å²) in [6.07, 6.45) is 2.94. The summed E-state index contributed by atoms with van der Waals surface area (Å²) in [5.41, 5.74) is 1.41. The molecule has 1 N–H and O–H groups in total. The lowest BCUT2D eigenvalue weighted by Crippen LogP contribution is -2.33. The monoisotopic (exact) mass is 282 g/mol. The Morgan fingerprint density at radius 3 is 3.11 bits per heavy atom. The molecule has 1 saturated heterocycles. The third kappa shape index (κ3) is 4.18. The largest absolute Gasteiger partial charge is 0.381 e. The molecule has 1 aromatic rings. The fourth-order valence-electron chi connectivity index (χ4n) is 2.17. The summed E-state index contributed by atoms with van der Waals surface area (Å²) in [6, 6.07) is 3.39. The second-order valence-electron chi connectivity index (χ2n) is 4.82. The Kier molecular flexibility index (Phi) is 5.16. The maximum absolute atomic E-state index is 12.1. The highest BCUT2D eigenvalue weighted by Crippen LogP contribution is 2.14. The van der Waals surface area contributed by atoms with Crippen LogP contribution in [0.3, 0.4) is 0 Å². The molecule has 5 heteroatoms. The predicted octanol–water partition coefficient (Wildman–Crippen LogP) is 2.45. The predicted molar refractivity (Wildman–Crippen MR) is 74.5 cm³/mol. The second-order valence-corrected chi connectivity index (χ2v) is 5.20. The van der Waals surface area contributed by atoms with Gasteiger partial charge in [-0.05, 0) is 37.3 Å². The first kappa shape index (κ1) is 14.3. The number of ether oxygens (including phenoxy) is 1. The Bertz CT molecular complexity index is 445. The average Bonchev–Trinajstić information content (AvgIpc) is 2.45. The number of amides is 1. The number of hydrogen-bond donors (Lipinski definition) is 1. The number of pyridine rings is 1. The minimum Gasteiger partial charge on any atom is -0.381 e. The molecule has 1 amide bonds. The summed E-state index contributed by atoms with van der Waals surface area (Å²) in [4.78, 5) is 16.2. The molecular weight excluding hydrogens is 264 g/mol. The van der Waals surface area contributed by atoms with Crippen molar-refractivity contribution in [3.63, 3.8) is 0 Å². The van der Waals surface area contributed by atoms with Crippen LogP contribution in [-0.2, 0) is 11.2 Å². The maximum atomic E-state index is 12.1. The molecule has 0 saturated carbocycles. The maximum Gasteiger partial charge on any atom is 0.251 e. The van der Waals surface area contributed by atoms with Crippen LogP contribution in [0.25, 0.3) is 0 Å². The van der Waals surface area contributed by atoms with Crippen molar-refractivity contribution in [2.24, 2.45) is 5.92 Å². The van der Waals surface area contributed by atoms with Crippen LogP contribution in [0.5, 0.6) is 0 Å². The second kappa shape index (κ2) is 6.87. The highest BCUT2D eigenvalue weighted by molar-refractivity contribution is 6.29. The van der Waals surface area contributed by atoms with Gasteiger partial charge in [0.25, 0.3) is 5.91 Å². The Balaban J connectivity index is 1.93. The van der Waals surface area contributed by atoms with Gasteiger partial charge in [0.1, 0.15) is 5.15 Å². The van der Waals surface area contributed by atoms with Crippen molar-refractivity contribution < 1.29 is 9.53 Å². The smallest absolute Gasteiger partial charge is 0.251 e. The van der Waals surface area contributed by atoms with Gasteiger partial charge < -0.3 is 10.1 Å². The van der Waals surface area contributed by atoms with Crippen LogP contribution in [0.15, 0.2) is 12.1 Å². The van der Waals surface area contributed by atoms with Gasteiger partial charge in [0.05, 0.1) is 6.61 Å². The van der Waals surface area contributed by atoms with Crippen LogP contribution >= 0.6 is 11.6 Å². The summed E-state index contributed by atoms with van der Waals surface area (Å²) in [5, 5.41) is 3.31. The van der Waals surface area contributed by atoms with Gasteiger partial charge in [0.15, 0.2) is 0 Å². The van der Waals surface area contributed by atoms with Crippen LogP contribution < -0.4 is 5.32 Å². The Hall–Kier alpha value is -1.13. The van der Waals surface area contributed by atoms with Crippen molar-refractivity contribution in [1.29, 1.82) is 0 Å². The molecule has 1 aromatic heterocycles. The van der Waals surface area contributed by atoms with Gasteiger partial charge in [-0.3, -0.25) is 4.79 Å². The van der Waals surface area contributed by atoms with Crippen molar-refractivity contribution >= 4 is 17.5 Å². The first-order chi connectivity index (χ1) is 9.19. The van der Waals surface area contributed by atoms with Gasteiger partial charge in [0, 0.05) is 24.4 Å². The number of halogens is 1. The van der Waals surface area contributed by atoms with E-state index < -0.39 is 0 Å². The summed E-state index contributed by atoms with van der Waals surface area (Å²) in [7, 11) is 0. The standard InChI is InChI=1S/C14H19ClN2O2/c1-2-12-6-11(7-13(15)17-12)14(18)16-8-10-4-3-5-19-9-10/h6-7,10H,2-5,8-9H2,1H3,(H,16,18). The summed E-state index contributed by atoms with van der Waals surface area (Å²) >= 11 is 5.91. The number of aryl methyl sites for hydroxylation is 1. The molecule has 0 bridgehead atoms. The number of aromatic nitrogens is 1. The minimum absolute atomic E-state index is 0.0930. The van der Waals surface area contributed by atoms with Crippen molar-refractivity contribution in [2.75, 3.05) is 19.8 Å². The lowest BCUT2D eigenvalue weighted by Gasteiger charge is -2.22. The highest BCUT2D eigenvalue weighted by atomic mass is 35.5. The van der Waals surface area contributed by atoms with Crippen molar-refractivity contribution in [2.45, 2.75) is 26.2 Å². The fraction of sp³-hybridized carbons (Fsp3) is 0.571. The van der Waals surface area contributed by atoms with E-state index in [4.69, 9.17) is 16.3 Å². The highest BCUT2D eigenvalue weighted by Gasteiger charge is 2.16. The molecule has 0 aliphatic carbocycles. The van der Waals surface area contributed by atoms with Gasteiger partial charge in [-0.2, -0.15) is 0 Å². The Morgan fingerprint density at radius 1 is 1.58 bits per heavy atom. The molecule has 2 rings (SSSR count). The molecule has 104 valence electrons. The van der Waals surface area contributed by atoms with Gasteiger partial charge >= 0.3 is 0 Å². The number of rotatable bonds is 4. The van der Waals surface area contributed by atoms with E-state index in [0.29, 0.717) is 23.2 Å². The van der Waals surface area contributed by atoms with Crippen molar-refractivity contribution in [3.8, 4) is 0 Å². The third-order valence-corrected chi connectivity index (χ3v) is 3.47. The number of carbonyl (C=O) groups excluding carboxylic acids is 1. The number of hydrogen-bond acceptors (Lipinski definition) is 3. The quantitative estimate of drug-likeness (QED) is 0.863. The van der Waals surface area contributed by atoms with E-state index in [9.17, 15) is 4.79 Å². The Labute approximate surface area is 118 Å². The first-order valence-corrected chi connectivity index (χ1v) is 7.09. The van der Waals surface area contributed by atoms with Gasteiger partial charge in [-0.15, -0.1) is 0 Å². The van der Waals surface area contributed by atoms with E-state index in [-0.39, 0.29) is 5.91 Å². The van der Waals surface area contributed by atoms with E-state index in [1.165, 1.54) is 0 Å². The van der Waals surface area contributed by atoms with Crippen LogP contribution in [0.1, 0.15) is 35.8 Å². The molecule has 0 spiro atoms. The number of nitrogens with one attached hydrogen (secondary N) is 1. The Morgan fingerprint density at radius 2 is 2.42 bits per heavy atom. The fourth-order valence-corrected chi connectivity index (χ4v) is 2.40. The van der Waals surface area contributed by atoms with E-state index in [1.807, 2.05) is 6.92 Å². The van der Waals surface area contributed by atoms with Gasteiger partial charge in [-0.1, -0.05) is 18.5 Å². The lowest BCUT2D eigenvalue weighted by molar-refractivity contribution is 0.0536. The number of nitrogens with zero attached hydrogens (tertiary/aromatic N) is 1. The topological polar surface area (TPSA) is 51.2 Å². The van der Waals surface area contributed by atoms with Gasteiger partial charge in [-0.25, -0.2) is 4.98 Å². The molecule has 1 fully saturated rings. The molecule has 2 heterocycles. The van der Waals surface area contributed by atoms with E-state index in [1.54, 1.807) is 12.1 Å². The summed E-state index contributed by atoms with van der Waals surface area (Å²) in [5.74, 6) is 0.324. The van der Waals surface area contributed by atoms with Crippen LogP contribution in [0.2, 0.25) is 5.15 Å². The number of carbonyl (C=O) groups is 1. The summed E-state index contributed by atoms with van der Waals surface area (Å²) < 4.78 is 5.39. The molecule has 1 unspecified atom stereocenters. The third-order valence-electron chi connectivity index (χ3n) is 3.28. The molecule has 1 aliphatic heterocycles. The first-order valence-electron chi connectivity index (χ1n) is 6.71. The van der Waals surface area contributed by atoms with Crippen LogP contribution in [0.4, 0.5) is 0 Å². The zero-order valence-corrected chi connectivity index (χ0v) is 11.9. The van der Waals surface area contributed by atoms with E-state index >= 15 is 0 Å². The SMILES string of the molecule is CCc1cc(C(=O)NCC2CCCOC2)cc(Cl)n1. The average molecular weight is 283 g/mol. The molecule has 1 atom stereocenters. The molecule has 4 nitrogen and oxygen atoms in total. The zero-order chi connectivity index (χ0) is 13.7. The molecule has 0 aromatic carbocycles. The molecular formula is C14H19ClN2O2. The minimum atomic E-state index is -0.0930. The van der Waals surface area contributed by atoms with E-state index in [2.05, 4.69) is 10.3 Å². The van der Waals surface area contributed by atoms with Gasteiger partial charge in [0.2, 0.25) is 0 Å². The lowest BCUT2D eigenvalue weighted by atomic mass is 10.0. The molecule has 0 radical (unpaired) electrons. The van der Waals surface area contributed by atoms with Crippen LogP contribution in [0, 0.1) is 5.92 Å². The van der Waals surface area contributed by atoms with Crippen LogP contribution in [-0.4, -0.2) is 30.6 Å². The molecule has 19 heavy (non-hydrogen) atoms. The van der Waals surface area contributed by atoms with Crippen molar-refractivity contribution in [3.05, 3.63) is 28.5 Å². The molecule has 1 aliphatic rings. The normalized spacial score (nSPS) is 19.2. The van der Waals surface area contributed by atoms with E-state index in [0.717, 1.165) is 38.2 Å².